The first-order chi connectivity index (χ1) is 13.0. The van der Waals surface area contributed by atoms with Crippen LogP contribution in [0.15, 0.2) is 48.5 Å². The predicted molar refractivity (Wildman–Crippen MR) is 105 cm³/mol. The van der Waals surface area contributed by atoms with Crippen LogP contribution in [0.4, 0.5) is 5.69 Å². The van der Waals surface area contributed by atoms with Crippen molar-refractivity contribution in [1.29, 1.82) is 0 Å². The number of nitrogens with zero attached hydrogens (tertiary/aromatic N) is 1. The van der Waals surface area contributed by atoms with Gasteiger partial charge in [-0.25, -0.2) is 0 Å². The smallest absolute Gasteiger partial charge is 0.241 e. The Labute approximate surface area is 163 Å². The van der Waals surface area contributed by atoms with Crippen molar-refractivity contribution >= 4 is 29.1 Å². The van der Waals surface area contributed by atoms with Crippen LogP contribution in [0.25, 0.3) is 0 Å². The monoisotopic (exact) mass is 387 g/mol. The number of halogens is 1. The molecule has 3 N–H and O–H groups in total. The Kier molecular flexibility index (Phi) is 6.19. The highest BCUT2D eigenvalue weighted by atomic mass is 35.5. The zero-order valence-electron chi connectivity index (χ0n) is 14.9. The fourth-order valence-corrected chi connectivity index (χ4v) is 3.22. The van der Waals surface area contributed by atoms with Gasteiger partial charge in [-0.3, -0.25) is 9.59 Å². The van der Waals surface area contributed by atoms with Gasteiger partial charge < -0.3 is 20.7 Å². The maximum Gasteiger partial charge on any atom is 0.241 e. The van der Waals surface area contributed by atoms with Crippen LogP contribution >= 0.6 is 11.6 Å². The van der Waals surface area contributed by atoms with E-state index >= 15 is 0 Å². The largest absolute Gasteiger partial charge is 0.454 e. The Morgan fingerprint density at radius 3 is 2.37 bits per heavy atom. The van der Waals surface area contributed by atoms with E-state index in [0.717, 1.165) is 0 Å². The number of likely N-dealkylation sites (tertiary alicyclic amines) is 1. The minimum atomic E-state index is -0.286. The summed E-state index contributed by atoms with van der Waals surface area (Å²) in [6, 6.07) is 14.6. The van der Waals surface area contributed by atoms with Crippen molar-refractivity contribution in [2.24, 2.45) is 11.7 Å². The van der Waals surface area contributed by atoms with Crippen molar-refractivity contribution in [1.82, 2.24) is 4.90 Å². The van der Waals surface area contributed by atoms with Crippen molar-refractivity contribution in [3.8, 4) is 11.5 Å². The number of piperidine rings is 1. The second-order valence-electron chi connectivity index (χ2n) is 6.44. The SMILES string of the molecule is NC(=O)C1CCN(C(=O)CNc2ccccc2Oc2ccccc2Cl)CC1. The van der Waals surface area contributed by atoms with Gasteiger partial charge in [-0.2, -0.15) is 0 Å². The summed E-state index contributed by atoms with van der Waals surface area (Å²) in [6.45, 7) is 1.24. The number of para-hydroxylation sites is 3. The number of nitrogens with one attached hydrogen (secondary N) is 1. The standard InChI is InChI=1S/C20H22ClN3O3/c21-15-5-1-3-7-17(15)27-18-8-4-2-6-16(18)23-13-19(25)24-11-9-14(10-12-24)20(22)26/h1-8,14,23H,9-13H2,(H2,22,26). The molecular weight excluding hydrogens is 366 g/mol. The van der Waals surface area contributed by atoms with Crippen LogP contribution in [-0.2, 0) is 9.59 Å². The van der Waals surface area contributed by atoms with Gasteiger partial charge in [0.25, 0.3) is 0 Å². The number of rotatable bonds is 6. The van der Waals surface area contributed by atoms with E-state index in [0.29, 0.717) is 48.1 Å². The summed E-state index contributed by atoms with van der Waals surface area (Å²) in [6.07, 6.45) is 1.24. The molecule has 0 aromatic heterocycles. The lowest BCUT2D eigenvalue weighted by atomic mass is 9.96. The molecule has 1 saturated heterocycles. The van der Waals surface area contributed by atoms with Crippen molar-refractivity contribution in [2.45, 2.75) is 12.8 Å². The molecule has 1 aliphatic rings. The highest BCUT2D eigenvalue weighted by Crippen LogP contribution is 2.33. The van der Waals surface area contributed by atoms with E-state index < -0.39 is 0 Å². The van der Waals surface area contributed by atoms with E-state index in [9.17, 15) is 9.59 Å². The quantitative estimate of drug-likeness (QED) is 0.796. The lowest BCUT2D eigenvalue weighted by Gasteiger charge is -2.30. The number of ether oxygens (including phenoxy) is 1. The molecular formula is C20H22ClN3O3. The van der Waals surface area contributed by atoms with E-state index in [1.807, 2.05) is 36.4 Å². The number of carbonyl (C=O) groups is 2. The first-order valence-corrected chi connectivity index (χ1v) is 9.25. The molecule has 0 unspecified atom stereocenters. The molecule has 2 aromatic rings. The van der Waals surface area contributed by atoms with Gasteiger partial charge in [-0.05, 0) is 37.1 Å². The molecule has 7 heteroatoms. The van der Waals surface area contributed by atoms with Gasteiger partial charge in [0.1, 0.15) is 5.75 Å². The van der Waals surface area contributed by atoms with Gasteiger partial charge in [0.05, 0.1) is 17.3 Å². The van der Waals surface area contributed by atoms with Gasteiger partial charge in [-0.1, -0.05) is 35.9 Å². The van der Waals surface area contributed by atoms with Gasteiger partial charge in [0, 0.05) is 19.0 Å². The predicted octanol–water partition coefficient (Wildman–Crippen LogP) is 3.27. The molecule has 1 fully saturated rings. The number of hydrogen-bond donors (Lipinski definition) is 2. The summed E-state index contributed by atoms with van der Waals surface area (Å²) in [4.78, 5) is 25.4. The number of amides is 2. The summed E-state index contributed by atoms with van der Waals surface area (Å²) >= 11 is 6.15. The van der Waals surface area contributed by atoms with Crippen LogP contribution < -0.4 is 15.8 Å². The molecule has 0 atom stereocenters. The van der Waals surface area contributed by atoms with Crippen molar-refractivity contribution in [3.05, 3.63) is 53.6 Å². The molecule has 27 heavy (non-hydrogen) atoms. The third-order valence-corrected chi connectivity index (χ3v) is 4.94. The topological polar surface area (TPSA) is 84.7 Å². The van der Waals surface area contributed by atoms with Crippen molar-refractivity contribution < 1.29 is 14.3 Å². The van der Waals surface area contributed by atoms with Crippen LogP contribution in [-0.4, -0.2) is 36.3 Å². The van der Waals surface area contributed by atoms with Crippen LogP contribution in [0.1, 0.15) is 12.8 Å². The van der Waals surface area contributed by atoms with Gasteiger partial charge in [0.15, 0.2) is 5.75 Å². The molecule has 1 aliphatic heterocycles. The Bertz CT molecular complexity index is 820. The molecule has 6 nitrogen and oxygen atoms in total. The first-order valence-electron chi connectivity index (χ1n) is 8.87. The van der Waals surface area contributed by atoms with Crippen LogP contribution in [0, 0.1) is 5.92 Å². The molecule has 2 amide bonds. The van der Waals surface area contributed by atoms with E-state index in [1.54, 1.807) is 17.0 Å². The minimum absolute atomic E-state index is 0.0227. The van der Waals surface area contributed by atoms with Gasteiger partial charge in [0.2, 0.25) is 11.8 Å². The molecule has 142 valence electrons. The molecule has 0 bridgehead atoms. The number of anilines is 1. The average molecular weight is 388 g/mol. The van der Waals surface area contributed by atoms with Crippen LogP contribution in [0.5, 0.6) is 11.5 Å². The highest BCUT2D eigenvalue weighted by molar-refractivity contribution is 6.32. The minimum Gasteiger partial charge on any atom is -0.454 e. The molecule has 0 saturated carbocycles. The molecule has 3 rings (SSSR count). The van der Waals surface area contributed by atoms with Crippen LogP contribution in [0.3, 0.4) is 0 Å². The molecule has 0 spiro atoms. The van der Waals surface area contributed by atoms with Crippen molar-refractivity contribution in [3.63, 3.8) is 0 Å². The summed E-state index contributed by atoms with van der Waals surface area (Å²) in [5.74, 6) is 0.696. The summed E-state index contributed by atoms with van der Waals surface area (Å²) in [7, 11) is 0. The average Bonchev–Trinajstić information content (AvgIpc) is 2.69. The molecule has 0 radical (unpaired) electrons. The Morgan fingerprint density at radius 2 is 1.70 bits per heavy atom. The number of carbonyl (C=O) groups excluding carboxylic acids is 2. The fourth-order valence-electron chi connectivity index (χ4n) is 3.04. The lowest BCUT2D eigenvalue weighted by molar-refractivity contribution is -0.133. The van der Waals surface area contributed by atoms with E-state index in [1.165, 1.54) is 0 Å². The van der Waals surface area contributed by atoms with Gasteiger partial charge in [-0.15, -0.1) is 0 Å². The van der Waals surface area contributed by atoms with E-state index in [2.05, 4.69) is 5.32 Å². The Hall–Kier alpha value is -2.73. The van der Waals surface area contributed by atoms with Crippen molar-refractivity contribution in [2.75, 3.05) is 25.0 Å². The molecule has 0 aliphatic carbocycles. The Balaban J connectivity index is 1.59. The fraction of sp³-hybridized carbons (Fsp3) is 0.300. The number of benzene rings is 2. The first kappa shape index (κ1) is 19.0. The maximum absolute atomic E-state index is 12.5. The third kappa shape index (κ3) is 4.92. The highest BCUT2D eigenvalue weighted by Gasteiger charge is 2.25. The normalized spacial score (nSPS) is 14.6. The summed E-state index contributed by atoms with van der Waals surface area (Å²) in [5.41, 5.74) is 6.04. The second-order valence-corrected chi connectivity index (χ2v) is 6.85. The van der Waals surface area contributed by atoms with Gasteiger partial charge >= 0.3 is 0 Å². The summed E-state index contributed by atoms with van der Waals surface area (Å²) in [5, 5.41) is 3.65. The molecule has 1 heterocycles. The number of hydrogen-bond acceptors (Lipinski definition) is 4. The maximum atomic E-state index is 12.5. The zero-order valence-corrected chi connectivity index (χ0v) is 15.6. The zero-order chi connectivity index (χ0) is 19.2. The number of nitrogens with two attached hydrogens (primary N) is 1. The van der Waals surface area contributed by atoms with Crippen LogP contribution in [0.2, 0.25) is 5.02 Å². The lowest BCUT2D eigenvalue weighted by Crippen LogP contribution is -2.43. The van der Waals surface area contributed by atoms with E-state index in [-0.39, 0.29) is 24.3 Å². The number of primary amides is 1. The van der Waals surface area contributed by atoms with E-state index in [4.69, 9.17) is 22.1 Å². The summed E-state index contributed by atoms with van der Waals surface area (Å²) < 4.78 is 5.89. The molecule has 2 aromatic carbocycles. The Morgan fingerprint density at radius 1 is 1.07 bits per heavy atom. The second kappa shape index (κ2) is 8.77. The third-order valence-electron chi connectivity index (χ3n) is 4.62.